The molecule has 1 N–H and O–H groups in total. The second-order valence-corrected chi connectivity index (χ2v) is 2.72. The van der Waals surface area contributed by atoms with Gasteiger partial charge in [0, 0.05) is 11.9 Å². The predicted molar refractivity (Wildman–Crippen MR) is 34.7 cm³/mol. The molecule has 0 saturated carbocycles. The Balaban J connectivity index is 3.14. The topological polar surface area (TPSA) is 20.2 Å². The predicted octanol–water partition coefficient (Wildman–Crippen LogP) is 0.933. The molecule has 0 radical (unpaired) electrons. The molecule has 0 spiro atoms. The van der Waals surface area contributed by atoms with Crippen molar-refractivity contribution in [1.29, 1.82) is 0 Å². The monoisotopic (exact) mass is 120 g/mol. The maximum absolute atomic E-state index is 8.46. The van der Waals surface area contributed by atoms with Crippen molar-refractivity contribution in [2.75, 3.05) is 6.61 Å². The lowest BCUT2D eigenvalue weighted by molar-refractivity contribution is 0.238. The van der Waals surface area contributed by atoms with Crippen LogP contribution in [0.5, 0.6) is 0 Å². The standard InChI is InChI=1S/C5H12OS/c1-4(3-6)5(2)7/h4-7H,3H2,1-2H3/t4?,5-/m1/s1. The third kappa shape index (κ3) is 2.94. The first-order valence-corrected chi connectivity index (χ1v) is 2.99. The van der Waals surface area contributed by atoms with Gasteiger partial charge in [0.15, 0.2) is 0 Å². The SMILES string of the molecule is CC(CO)[C@@H](C)S. The zero-order chi connectivity index (χ0) is 5.86. The lowest BCUT2D eigenvalue weighted by atomic mass is 10.1. The Hall–Kier alpha value is 0.310. The summed E-state index contributed by atoms with van der Waals surface area (Å²) in [4.78, 5) is 0. The van der Waals surface area contributed by atoms with E-state index >= 15 is 0 Å². The summed E-state index contributed by atoms with van der Waals surface area (Å²) in [5.41, 5.74) is 0. The number of aliphatic hydroxyl groups excluding tert-OH is 1. The molecule has 0 aromatic carbocycles. The number of thiol groups is 1. The van der Waals surface area contributed by atoms with Gasteiger partial charge in [-0.15, -0.1) is 0 Å². The van der Waals surface area contributed by atoms with Crippen LogP contribution in [0.3, 0.4) is 0 Å². The summed E-state index contributed by atoms with van der Waals surface area (Å²) >= 11 is 4.11. The maximum atomic E-state index is 8.46. The van der Waals surface area contributed by atoms with Gasteiger partial charge < -0.3 is 5.11 Å². The second kappa shape index (κ2) is 3.33. The summed E-state index contributed by atoms with van der Waals surface area (Å²) in [5.74, 6) is 0.323. The number of hydrogen-bond acceptors (Lipinski definition) is 2. The molecule has 2 heteroatoms. The molecule has 7 heavy (non-hydrogen) atoms. The van der Waals surface area contributed by atoms with Crippen LogP contribution < -0.4 is 0 Å². The van der Waals surface area contributed by atoms with Gasteiger partial charge in [-0.25, -0.2) is 0 Å². The Kier molecular flexibility index (Phi) is 3.48. The third-order valence-corrected chi connectivity index (χ3v) is 1.62. The van der Waals surface area contributed by atoms with E-state index in [0.29, 0.717) is 11.2 Å². The van der Waals surface area contributed by atoms with Crippen molar-refractivity contribution in [1.82, 2.24) is 0 Å². The zero-order valence-corrected chi connectivity index (χ0v) is 5.65. The number of rotatable bonds is 2. The van der Waals surface area contributed by atoms with Gasteiger partial charge in [-0.05, 0) is 5.92 Å². The normalized spacial score (nSPS) is 18.9. The maximum Gasteiger partial charge on any atom is 0.0467 e. The summed E-state index contributed by atoms with van der Waals surface area (Å²) in [6.07, 6.45) is 0. The van der Waals surface area contributed by atoms with E-state index in [9.17, 15) is 0 Å². The van der Waals surface area contributed by atoms with Gasteiger partial charge in [0.1, 0.15) is 0 Å². The van der Waals surface area contributed by atoms with Crippen LogP contribution in [0.25, 0.3) is 0 Å². The highest BCUT2D eigenvalue weighted by Crippen LogP contribution is 2.05. The molecule has 0 saturated heterocycles. The van der Waals surface area contributed by atoms with E-state index in [2.05, 4.69) is 12.6 Å². The van der Waals surface area contributed by atoms with E-state index in [1.54, 1.807) is 0 Å². The molecule has 0 aliphatic rings. The molecular formula is C5H12OS. The highest BCUT2D eigenvalue weighted by molar-refractivity contribution is 7.80. The van der Waals surface area contributed by atoms with Crippen LogP contribution >= 0.6 is 12.6 Å². The molecule has 2 atom stereocenters. The molecular weight excluding hydrogens is 108 g/mol. The van der Waals surface area contributed by atoms with Crippen molar-refractivity contribution >= 4 is 12.6 Å². The molecule has 0 aliphatic heterocycles. The first kappa shape index (κ1) is 7.31. The van der Waals surface area contributed by atoms with Crippen molar-refractivity contribution in [3.05, 3.63) is 0 Å². The number of aliphatic hydroxyl groups is 1. The minimum atomic E-state index is 0.241. The van der Waals surface area contributed by atoms with Crippen LogP contribution in [0.1, 0.15) is 13.8 Å². The fourth-order valence-corrected chi connectivity index (χ4v) is 0.247. The molecule has 44 valence electrons. The highest BCUT2D eigenvalue weighted by atomic mass is 32.1. The molecule has 0 aliphatic carbocycles. The molecule has 0 rings (SSSR count). The average Bonchev–Trinajstić information content (AvgIpc) is 1.65. The first-order valence-electron chi connectivity index (χ1n) is 2.47. The lowest BCUT2D eigenvalue weighted by Crippen LogP contribution is -2.10. The lowest BCUT2D eigenvalue weighted by Gasteiger charge is -2.08. The van der Waals surface area contributed by atoms with E-state index < -0.39 is 0 Å². The molecule has 0 aromatic heterocycles. The molecule has 1 unspecified atom stereocenters. The Morgan fingerprint density at radius 3 is 2.00 bits per heavy atom. The van der Waals surface area contributed by atoms with Gasteiger partial charge in [-0.3, -0.25) is 0 Å². The first-order chi connectivity index (χ1) is 3.18. The minimum absolute atomic E-state index is 0.241. The summed E-state index contributed by atoms with van der Waals surface area (Å²) in [7, 11) is 0. The Morgan fingerprint density at radius 1 is 1.57 bits per heavy atom. The Labute approximate surface area is 50.1 Å². The fourth-order valence-electron chi connectivity index (χ4n) is 0.153. The van der Waals surface area contributed by atoms with Crippen LogP contribution in [-0.4, -0.2) is 17.0 Å². The summed E-state index contributed by atoms with van der Waals surface area (Å²) < 4.78 is 0. The number of hydrogen-bond donors (Lipinski definition) is 2. The van der Waals surface area contributed by atoms with E-state index in [1.807, 2.05) is 13.8 Å². The van der Waals surface area contributed by atoms with Crippen LogP contribution in [-0.2, 0) is 0 Å². The summed E-state index contributed by atoms with van der Waals surface area (Å²) in [5, 5.41) is 8.77. The quantitative estimate of drug-likeness (QED) is 0.519. The third-order valence-electron chi connectivity index (χ3n) is 1.11. The minimum Gasteiger partial charge on any atom is -0.396 e. The van der Waals surface area contributed by atoms with Gasteiger partial charge in [-0.2, -0.15) is 12.6 Å². The van der Waals surface area contributed by atoms with E-state index in [1.165, 1.54) is 0 Å². The van der Waals surface area contributed by atoms with Crippen molar-refractivity contribution in [3.8, 4) is 0 Å². The van der Waals surface area contributed by atoms with E-state index in [-0.39, 0.29) is 6.61 Å². The van der Waals surface area contributed by atoms with Gasteiger partial charge >= 0.3 is 0 Å². The van der Waals surface area contributed by atoms with E-state index in [4.69, 9.17) is 5.11 Å². The van der Waals surface area contributed by atoms with Gasteiger partial charge in [0.2, 0.25) is 0 Å². The van der Waals surface area contributed by atoms with Crippen molar-refractivity contribution in [3.63, 3.8) is 0 Å². The molecule has 0 fully saturated rings. The van der Waals surface area contributed by atoms with Gasteiger partial charge in [-0.1, -0.05) is 13.8 Å². The van der Waals surface area contributed by atoms with Gasteiger partial charge in [0.25, 0.3) is 0 Å². The smallest absolute Gasteiger partial charge is 0.0467 e. The van der Waals surface area contributed by atoms with Crippen LogP contribution in [0, 0.1) is 5.92 Å². The van der Waals surface area contributed by atoms with Gasteiger partial charge in [0.05, 0.1) is 0 Å². The van der Waals surface area contributed by atoms with Crippen LogP contribution in [0.4, 0.5) is 0 Å². The molecule has 0 amide bonds. The Bertz CT molecular complexity index is 45.3. The second-order valence-electron chi connectivity index (χ2n) is 1.90. The van der Waals surface area contributed by atoms with Crippen molar-refractivity contribution in [2.45, 2.75) is 19.1 Å². The Morgan fingerprint density at radius 2 is 2.00 bits per heavy atom. The van der Waals surface area contributed by atoms with Crippen molar-refractivity contribution < 1.29 is 5.11 Å². The highest BCUT2D eigenvalue weighted by Gasteiger charge is 2.03. The molecule has 0 bridgehead atoms. The average molecular weight is 120 g/mol. The largest absolute Gasteiger partial charge is 0.396 e. The van der Waals surface area contributed by atoms with Crippen LogP contribution in [0.2, 0.25) is 0 Å². The van der Waals surface area contributed by atoms with E-state index in [0.717, 1.165) is 0 Å². The summed E-state index contributed by atoms with van der Waals surface area (Å²) in [6, 6.07) is 0. The van der Waals surface area contributed by atoms with Crippen molar-refractivity contribution in [2.24, 2.45) is 5.92 Å². The fraction of sp³-hybridized carbons (Fsp3) is 1.00. The molecule has 1 nitrogen and oxygen atoms in total. The summed E-state index contributed by atoms with van der Waals surface area (Å²) in [6.45, 7) is 4.19. The molecule has 0 aromatic rings. The van der Waals surface area contributed by atoms with Crippen LogP contribution in [0.15, 0.2) is 0 Å². The molecule has 0 heterocycles. The zero-order valence-electron chi connectivity index (χ0n) is 4.76.